The maximum absolute atomic E-state index is 5.57. The minimum absolute atomic E-state index is 0.529. The first-order chi connectivity index (χ1) is 6.76. The molecule has 2 rings (SSSR count). The van der Waals surface area contributed by atoms with E-state index in [1.54, 1.807) is 0 Å². The molecule has 2 nitrogen and oxygen atoms in total. The number of ether oxygens (including phenoxy) is 1. The number of nitrogens with zero attached hydrogens (tertiary/aromatic N) is 1. The molecular weight excluding hydrogens is 174 g/mol. The van der Waals surface area contributed by atoms with Gasteiger partial charge < -0.3 is 9.64 Å². The zero-order chi connectivity index (χ0) is 10.0. The van der Waals surface area contributed by atoms with E-state index >= 15 is 0 Å². The van der Waals surface area contributed by atoms with E-state index in [-0.39, 0.29) is 0 Å². The van der Waals surface area contributed by atoms with Gasteiger partial charge in [-0.3, -0.25) is 0 Å². The highest BCUT2D eigenvalue weighted by Gasteiger charge is 2.39. The average Bonchev–Trinajstić information content (AvgIpc) is 2.65. The van der Waals surface area contributed by atoms with Gasteiger partial charge >= 0.3 is 0 Å². The average molecular weight is 197 g/mol. The third-order valence-electron chi connectivity index (χ3n) is 4.09. The summed E-state index contributed by atoms with van der Waals surface area (Å²) in [6.07, 6.45) is 5.32. The summed E-state index contributed by atoms with van der Waals surface area (Å²) in [4.78, 5) is 2.66. The quantitative estimate of drug-likeness (QED) is 0.673. The van der Waals surface area contributed by atoms with Gasteiger partial charge in [-0.05, 0) is 39.2 Å². The molecule has 0 N–H and O–H groups in total. The van der Waals surface area contributed by atoms with Crippen molar-refractivity contribution in [2.45, 2.75) is 45.6 Å². The van der Waals surface area contributed by atoms with Gasteiger partial charge in [-0.2, -0.15) is 0 Å². The van der Waals surface area contributed by atoms with Gasteiger partial charge in [0, 0.05) is 24.6 Å². The van der Waals surface area contributed by atoms with Crippen LogP contribution in [0.3, 0.4) is 0 Å². The number of hydrogen-bond donors (Lipinski definition) is 0. The lowest BCUT2D eigenvalue weighted by Crippen LogP contribution is -2.47. The van der Waals surface area contributed by atoms with Gasteiger partial charge in [-0.25, -0.2) is 0 Å². The van der Waals surface area contributed by atoms with Crippen LogP contribution in [0.1, 0.15) is 39.5 Å². The van der Waals surface area contributed by atoms with Gasteiger partial charge in [0.2, 0.25) is 0 Å². The number of rotatable bonds is 2. The van der Waals surface area contributed by atoms with Crippen LogP contribution in [-0.4, -0.2) is 37.2 Å². The van der Waals surface area contributed by atoms with Crippen LogP contribution in [0.4, 0.5) is 0 Å². The van der Waals surface area contributed by atoms with E-state index in [1.165, 1.54) is 38.8 Å². The molecule has 0 bridgehead atoms. The third kappa shape index (κ3) is 1.96. The molecule has 1 spiro atoms. The fraction of sp³-hybridized carbons (Fsp3) is 1.00. The molecule has 0 saturated carbocycles. The topological polar surface area (TPSA) is 12.5 Å². The SMILES string of the molecule is CCC(C)N1CCCC2(CCOC2)C1. The van der Waals surface area contributed by atoms with E-state index < -0.39 is 0 Å². The molecule has 2 aliphatic heterocycles. The molecule has 14 heavy (non-hydrogen) atoms. The van der Waals surface area contributed by atoms with E-state index in [0.29, 0.717) is 5.41 Å². The Kier molecular flexibility index (Phi) is 3.13. The van der Waals surface area contributed by atoms with Crippen LogP contribution in [0, 0.1) is 5.41 Å². The first kappa shape index (κ1) is 10.4. The van der Waals surface area contributed by atoms with E-state index in [2.05, 4.69) is 18.7 Å². The second-order valence-corrected chi connectivity index (χ2v) is 5.13. The molecular formula is C12H23NO. The van der Waals surface area contributed by atoms with E-state index in [9.17, 15) is 0 Å². The molecule has 2 saturated heterocycles. The molecule has 2 atom stereocenters. The fourth-order valence-electron chi connectivity index (χ4n) is 2.85. The summed E-state index contributed by atoms with van der Waals surface area (Å²) in [5, 5.41) is 0. The second-order valence-electron chi connectivity index (χ2n) is 5.13. The van der Waals surface area contributed by atoms with Crippen molar-refractivity contribution >= 4 is 0 Å². The summed E-state index contributed by atoms with van der Waals surface area (Å²) in [5.74, 6) is 0. The Morgan fingerprint density at radius 3 is 2.93 bits per heavy atom. The summed E-state index contributed by atoms with van der Waals surface area (Å²) in [7, 11) is 0. The van der Waals surface area contributed by atoms with Gasteiger partial charge in [0.05, 0.1) is 6.61 Å². The van der Waals surface area contributed by atoms with Gasteiger partial charge in [-0.15, -0.1) is 0 Å². The molecule has 2 fully saturated rings. The molecule has 82 valence electrons. The van der Waals surface area contributed by atoms with Crippen molar-refractivity contribution in [3.8, 4) is 0 Å². The predicted molar refractivity (Wildman–Crippen MR) is 58.4 cm³/mol. The highest BCUT2D eigenvalue weighted by molar-refractivity contribution is 4.91. The van der Waals surface area contributed by atoms with E-state index in [4.69, 9.17) is 4.74 Å². The van der Waals surface area contributed by atoms with Gasteiger partial charge in [0.25, 0.3) is 0 Å². The zero-order valence-electron chi connectivity index (χ0n) is 9.59. The first-order valence-electron chi connectivity index (χ1n) is 6.07. The lowest BCUT2D eigenvalue weighted by atomic mass is 9.79. The number of hydrogen-bond acceptors (Lipinski definition) is 2. The molecule has 0 aromatic heterocycles. The van der Waals surface area contributed by atoms with Crippen molar-refractivity contribution < 1.29 is 4.74 Å². The lowest BCUT2D eigenvalue weighted by molar-refractivity contribution is 0.0468. The molecule has 2 heterocycles. The number of likely N-dealkylation sites (tertiary alicyclic amines) is 1. The Labute approximate surface area is 87.6 Å². The zero-order valence-corrected chi connectivity index (χ0v) is 9.59. The largest absolute Gasteiger partial charge is 0.381 e. The maximum Gasteiger partial charge on any atom is 0.0535 e. The minimum atomic E-state index is 0.529. The Morgan fingerprint density at radius 2 is 2.29 bits per heavy atom. The molecule has 2 aliphatic rings. The molecule has 0 aromatic rings. The maximum atomic E-state index is 5.57. The third-order valence-corrected chi connectivity index (χ3v) is 4.09. The van der Waals surface area contributed by atoms with E-state index in [0.717, 1.165) is 19.3 Å². The summed E-state index contributed by atoms with van der Waals surface area (Å²) in [6.45, 7) is 9.24. The summed E-state index contributed by atoms with van der Waals surface area (Å²) >= 11 is 0. The second kappa shape index (κ2) is 4.19. The Bertz CT molecular complexity index is 187. The molecule has 2 heteroatoms. The summed E-state index contributed by atoms with van der Waals surface area (Å²) in [5.41, 5.74) is 0.529. The molecule has 2 unspecified atom stereocenters. The molecule has 0 aromatic carbocycles. The summed E-state index contributed by atoms with van der Waals surface area (Å²) < 4.78 is 5.57. The Morgan fingerprint density at radius 1 is 1.43 bits per heavy atom. The van der Waals surface area contributed by atoms with Crippen molar-refractivity contribution in [3.05, 3.63) is 0 Å². The smallest absolute Gasteiger partial charge is 0.0535 e. The van der Waals surface area contributed by atoms with Crippen molar-refractivity contribution in [1.29, 1.82) is 0 Å². The molecule has 0 aliphatic carbocycles. The van der Waals surface area contributed by atoms with Gasteiger partial charge in [0.1, 0.15) is 0 Å². The molecule has 0 amide bonds. The first-order valence-corrected chi connectivity index (χ1v) is 6.07. The molecule has 0 radical (unpaired) electrons. The van der Waals surface area contributed by atoms with Crippen LogP contribution < -0.4 is 0 Å². The van der Waals surface area contributed by atoms with Gasteiger partial charge in [0.15, 0.2) is 0 Å². The predicted octanol–water partition coefficient (Wildman–Crippen LogP) is 2.29. The van der Waals surface area contributed by atoms with Crippen LogP contribution in [-0.2, 0) is 4.74 Å². The Balaban J connectivity index is 1.96. The highest BCUT2D eigenvalue weighted by Crippen LogP contribution is 2.38. The van der Waals surface area contributed by atoms with Crippen molar-refractivity contribution in [2.75, 3.05) is 26.3 Å². The van der Waals surface area contributed by atoms with Crippen molar-refractivity contribution in [1.82, 2.24) is 4.90 Å². The fourth-order valence-corrected chi connectivity index (χ4v) is 2.85. The van der Waals surface area contributed by atoms with Crippen LogP contribution in [0.5, 0.6) is 0 Å². The Hall–Kier alpha value is -0.0800. The van der Waals surface area contributed by atoms with Crippen LogP contribution in [0.25, 0.3) is 0 Å². The minimum Gasteiger partial charge on any atom is -0.381 e. The number of piperidine rings is 1. The standard InChI is InChI=1S/C12H23NO/c1-3-11(2)13-7-4-5-12(9-13)6-8-14-10-12/h11H,3-10H2,1-2H3. The van der Waals surface area contributed by atoms with E-state index in [1.807, 2.05) is 0 Å². The van der Waals surface area contributed by atoms with Crippen molar-refractivity contribution in [2.24, 2.45) is 5.41 Å². The van der Waals surface area contributed by atoms with Crippen LogP contribution >= 0.6 is 0 Å². The lowest BCUT2D eigenvalue weighted by Gasteiger charge is -2.42. The van der Waals surface area contributed by atoms with Crippen LogP contribution in [0.2, 0.25) is 0 Å². The van der Waals surface area contributed by atoms with Crippen LogP contribution in [0.15, 0.2) is 0 Å². The summed E-state index contributed by atoms with van der Waals surface area (Å²) in [6, 6.07) is 0.757. The highest BCUT2D eigenvalue weighted by atomic mass is 16.5. The monoisotopic (exact) mass is 197 g/mol. The van der Waals surface area contributed by atoms with Crippen molar-refractivity contribution in [3.63, 3.8) is 0 Å². The normalized spacial score (nSPS) is 36.4. The van der Waals surface area contributed by atoms with Gasteiger partial charge in [-0.1, -0.05) is 6.92 Å².